The van der Waals surface area contributed by atoms with Gasteiger partial charge >= 0.3 is 0 Å². The first-order valence-corrected chi connectivity index (χ1v) is 5.72. The van der Waals surface area contributed by atoms with E-state index in [1.54, 1.807) is 36.4 Å². The summed E-state index contributed by atoms with van der Waals surface area (Å²) >= 11 is 0. The highest BCUT2D eigenvalue weighted by atomic mass is 16.1. The van der Waals surface area contributed by atoms with Crippen LogP contribution in [0.5, 0.6) is 0 Å². The molecule has 0 radical (unpaired) electrons. The number of hydrogen-bond acceptors (Lipinski definition) is 3. The van der Waals surface area contributed by atoms with E-state index in [2.05, 4.69) is 5.92 Å². The minimum absolute atomic E-state index is 0.193. The number of nitrogens with two attached hydrogens (primary N) is 1. The normalized spacial score (nSPS) is 12.6. The quantitative estimate of drug-likeness (QED) is 0.488. The topological polar surface area (TPSA) is 60.2 Å². The van der Waals surface area contributed by atoms with Gasteiger partial charge in [-0.15, -0.1) is 6.42 Å². The molecule has 0 heterocycles. The third kappa shape index (κ3) is 1.40. The van der Waals surface area contributed by atoms with Crippen LogP contribution in [0, 0.1) is 12.3 Å². The number of nitrogen functional groups attached to an aromatic ring is 1. The van der Waals surface area contributed by atoms with Crippen molar-refractivity contribution in [1.29, 1.82) is 0 Å². The van der Waals surface area contributed by atoms with Crippen LogP contribution in [0.3, 0.4) is 0 Å². The molecule has 90 valence electrons. The van der Waals surface area contributed by atoms with Crippen LogP contribution in [0.4, 0.5) is 5.69 Å². The molecule has 0 saturated carbocycles. The molecule has 3 heteroatoms. The van der Waals surface area contributed by atoms with Crippen molar-refractivity contribution in [3.8, 4) is 12.3 Å². The second-order valence-corrected chi connectivity index (χ2v) is 4.30. The summed E-state index contributed by atoms with van der Waals surface area (Å²) in [5.41, 5.74) is 7.76. The van der Waals surface area contributed by atoms with Gasteiger partial charge in [-0.05, 0) is 12.1 Å². The van der Waals surface area contributed by atoms with Crippen LogP contribution >= 0.6 is 0 Å². The van der Waals surface area contributed by atoms with Crippen molar-refractivity contribution in [3.63, 3.8) is 0 Å². The van der Waals surface area contributed by atoms with Crippen LogP contribution in [0.25, 0.3) is 0 Å². The lowest BCUT2D eigenvalue weighted by atomic mass is 9.81. The van der Waals surface area contributed by atoms with E-state index in [1.807, 2.05) is 0 Å². The van der Waals surface area contributed by atoms with Gasteiger partial charge in [0.05, 0.1) is 11.1 Å². The molecule has 0 aliphatic heterocycles. The van der Waals surface area contributed by atoms with E-state index >= 15 is 0 Å². The maximum absolute atomic E-state index is 12.5. The molecule has 0 atom stereocenters. The highest BCUT2D eigenvalue weighted by Crippen LogP contribution is 2.31. The largest absolute Gasteiger partial charge is 0.398 e. The zero-order chi connectivity index (χ0) is 13.6. The summed E-state index contributed by atoms with van der Waals surface area (Å²) in [5, 5.41) is 0. The van der Waals surface area contributed by atoms with E-state index in [0.29, 0.717) is 27.9 Å². The number of hydrogen-bond donors (Lipinski definition) is 1. The van der Waals surface area contributed by atoms with Gasteiger partial charge in [0, 0.05) is 22.4 Å². The second kappa shape index (κ2) is 3.82. The minimum atomic E-state index is -0.245. The van der Waals surface area contributed by atoms with Gasteiger partial charge < -0.3 is 5.73 Å². The summed E-state index contributed by atoms with van der Waals surface area (Å²) in [6.07, 6.45) is 5.41. The van der Waals surface area contributed by atoms with Gasteiger partial charge in [0.25, 0.3) is 0 Å². The van der Waals surface area contributed by atoms with Gasteiger partial charge in [-0.25, -0.2) is 0 Å². The van der Waals surface area contributed by atoms with Crippen molar-refractivity contribution >= 4 is 17.3 Å². The fourth-order valence-electron chi connectivity index (χ4n) is 2.36. The summed E-state index contributed by atoms with van der Waals surface area (Å²) in [5.74, 6) is 1.97. The van der Waals surface area contributed by atoms with Gasteiger partial charge in [-0.2, -0.15) is 0 Å². The number of carbonyl (C=O) groups excluding carboxylic acids is 2. The molecule has 2 aromatic rings. The van der Waals surface area contributed by atoms with E-state index in [4.69, 9.17) is 12.2 Å². The van der Waals surface area contributed by atoms with Crippen molar-refractivity contribution in [2.24, 2.45) is 0 Å². The smallest absolute Gasteiger partial charge is 0.195 e. The lowest BCUT2D eigenvalue weighted by Gasteiger charge is -2.19. The molecule has 2 aromatic carbocycles. The van der Waals surface area contributed by atoms with Crippen molar-refractivity contribution < 1.29 is 9.59 Å². The molecule has 3 rings (SSSR count). The van der Waals surface area contributed by atoms with E-state index in [0.717, 1.165) is 0 Å². The molecule has 0 saturated heterocycles. The number of carbonyl (C=O) groups is 2. The molecule has 1 aliphatic rings. The predicted molar refractivity (Wildman–Crippen MR) is 72.1 cm³/mol. The van der Waals surface area contributed by atoms with Crippen LogP contribution in [0.2, 0.25) is 0 Å². The molecule has 0 unspecified atom stereocenters. The van der Waals surface area contributed by atoms with Crippen LogP contribution in [-0.4, -0.2) is 11.6 Å². The molecular weight excluding hydrogens is 238 g/mol. The van der Waals surface area contributed by atoms with Crippen LogP contribution in [-0.2, 0) is 0 Å². The van der Waals surface area contributed by atoms with Crippen molar-refractivity contribution in [2.75, 3.05) is 5.73 Å². The van der Waals surface area contributed by atoms with Crippen LogP contribution < -0.4 is 5.73 Å². The Morgan fingerprint density at radius 1 is 0.895 bits per heavy atom. The van der Waals surface area contributed by atoms with E-state index in [-0.39, 0.29) is 17.1 Å². The number of anilines is 1. The number of rotatable bonds is 0. The Morgan fingerprint density at radius 3 is 2.16 bits per heavy atom. The lowest BCUT2D eigenvalue weighted by molar-refractivity contribution is 0.0979. The summed E-state index contributed by atoms with van der Waals surface area (Å²) in [4.78, 5) is 24.9. The molecule has 3 nitrogen and oxygen atoms in total. The summed E-state index contributed by atoms with van der Waals surface area (Å²) in [6, 6.07) is 9.84. The third-order valence-corrected chi connectivity index (χ3v) is 3.27. The zero-order valence-electron chi connectivity index (χ0n) is 9.94. The third-order valence-electron chi connectivity index (χ3n) is 3.27. The molecule has 19 heavy (non-hydrogen) atoms. The van der Waals surface area contributed by atoms with Crippen molar-refractivity contribution in [2.45, 2.75) is 0 Å². The fourth-order valence-corrected chi connectivity index (χ4v) is 2.36. The molecule has 2 N–H and O–H groups in total. The Morgan fingerprint density at radius 2 is 1.53 bits per heavy atom. The Balaban J connectivity index is 2.40. The standard InChI is InChI=1S/C16H9NO2/c1-2-9-13(17)8-7-12-14(9)16(19)11-6-4-3-5-10(11)15(12)18/h1,3-8H,17H2. The minimum Gasteiger partial charge on any atom is -0.398 e. The Bertz CT molecular complexity index is 782. The summed E-state index contributed by atoms with van der Waals surface area (Å²) < 4.78 is 0. The Labute approximate surface area is 110 Å². The maximum Gasteiger partial charge on any atom is 0.195 e. The van der Waals surface area contributed by atoms with E-state index in [1.165, 1.54) is 0 Å². The Hall–Kier alpha value is -2.86. The van der Waals surface area contributed by atoms with E-state index < -0.39 is 0 Å². The van der Waals surface area contributed by atoms with Crippen LogP contribution in [0.15, 0.2) is 36.4 Å². The summed E-state index contributed by atoms with van der Waals surface area (Å²) in [6.45, 7) is 0. The second-order valence-electron chi connectivity index (χ2n) is 4.30. The molecule has 0 amide bonds. The van der Waals surface area contributed by atoms with Gasteiger partial charge in [0.15, 0.2) is 11.6 Å². The highest BCUT2D eigenvalue weighted by Gasteiger charge is 2.31. The van der Waals surface area contributed by atoms with Gasteiger partial charge in [-0.1, -0.05) is 30.2 Å². The maximum atomic E-state index is 12.5. The Kier molecular flexibility index (Phi) is 2.26. The molecular formula is C16H9NO2. The molecule has 0 bridgehead atoms. The number of terminal acetylenes is 1. The SMILES string of the molecule is C#Cc1c(N)ccc2c1C(=O)c1ccccc1C2=O. The zero-order valence-corrected chi connectivity index (χ0v) is 9.94. The van der Waals surface area contributed by atoms with Gasteiger partial charge in [0.2, 0.25) is 0 Å². The van der Waals surface area contributed by atoms with Crippen LogP contribution in [0.1, 0.15) is 37.4 Å². The monoisotopic (exact) mass is 247 g/mol. The number of fused-ring (bicyclic) bond motifs is 2. The first-order valence-electron chi connectivity index (χ1n) is 5.72. The number of ketones is 2. The molecule has 0 spiro atoms. The van der Waals surface area contributed by atoms with Crippen molar-refractivity contribution in [3.05, 3.63) is 64.2 Å². The first-order chi connectivity index (χ1) is 9.15. The predicted octanol–water partition coefficient (Wildman–Crippen LogP) is 2.03. The van der Waals surface area contributed by atoms with Gasteiger partial charge in [0.1, 0.15) is 0 Å². The van der Waals surface area contributed by atoms with Crippen molar-refractivity contribution in [1.82, 2.24) is 0 Å². The van der Waals surface area contributed by atoms with Gasteiger partial charge in [-0.3, -0.25) is 9.59 Å². The average molecular weight is 247 g/mol. The van der Waals surface area contributed by atoms with E-state index in [9.17, 15) is 9.59 Å². The highest BCUT2D eigenvalue weighted by molar-refractivity contribution is 6.29. The first kappa shape index (κ1) is 11.2. The fraction of sp³-hybridized carbons (Fsp3) is 0. The summed E-state index contributed by atoms with van der Waals surface area (Å²) in [7, 11) is 0. The number of benzene rings is 2. The average Bonchev–Trinajstić information content (AvgIpc) is 2.44. The molecule has 0 fully saturated rings. The lowest BCUT2D eigenvalue weighted by Crippen LogP contribution is -2.22. The molecule has 1 aliphatic carbocycles. The molecule has 0 aromatic heterocycles.